The summed E-state index contributed by atoms with van der Waals surface area (Å²) in [5, 5.41) is 11.3. The third-order valence-corrected chi connectivity index (χ3v) is 3.61. The van der Waals surface area contributed by atoms with Crippen LogP contribution in [0.5, 0.6) is 0 Å². The summed E-state index contributed by atoms with van der Waals surface area (Å²) in [6.07, 6.45) is 5.82. The first-order chi connectivity index (χ1) is 10.1. The molecule has 2 rings (SSSR count). The maximum absolute atomic E-state index is 3.96. The van der Waals surface area contributed by atoms with Gasteiger partial charge in [-0.1, -0.05) is 43.3 Å². The van der Waals surface area contributed by atoms with Gasteiger partial charge in [0.2, 0.25) is 0 Å². The predicted octanol–water partition coefficient (Wildman–Crippen LogP) is 3.22. The SMILES string of the molecule is CC(C)Cc1ccc(C(C)NCCCn2ccnn2)cc1. The van der Waals surface area contributed by atoms with Crippen molar-refractivity contribution in [3.63, 3.8) is 0 Å². The topological polar surface area (TPSA) is 42.7 Å². The van der Waals surface area contributed by atoms with Crippen LogP contribution in [0.25, 0.3) is 0 Å². The number of aryl methyl sites for hydroxylation is 1. The molecule has 2 aromatic rings. The Bertz CT molecular complexity index is 502. The number of benzene rings is 1. The van der Waals surface area contributed by atoms with E-state index in [1.54, 1.807) is 6.20 Å². The quantitative estimate of drug-likeness (QED) is 0.758. The minimum absolute atomic E-state index is 0.383. The summed E-state index contributed by atoms with van der Waals surface area (Å²) in [6, 6.07) is 9.37. The molecule has 0 amide bonds. The average molecular weight is 286 g/mol. The van der Waals surface area contributed by atoms with Crippen molar-refractivity contribution < 1.29 is 0 Å². The first-order valence-corrected chi connectivity index (χ1v) is 7.81. The second-order valence-corrected chi connectivity index (χ2v) is 6.04. The maximum Gasteiger partial charge on any atom is 0.0692 e. The van der Waals surface area contributed by atoms with Gasteiger partial charge in [0.15, 0.2) is 0 Å². The molecule has 1 aromatic carbocycles. The maximum atomic E-state index is 3.96. The fourth-order valence-corrected chi connectivity index (χ4v) is 2.44. The fraction of sp³-hybridized carbons (Fsp3) is 0.529. The van der Waals surface area contributed by atoms with Crippen LogP contribution in [0.15, 0.2) is 36.7 Å². The van der Waals surface area contributed by atoms with Gasteiger partial charge in [0, 0.05) is 18.8 Å². The molecular weight excluding hydrogens is 260 g/mol. The zero-order chi connectivity index (χ0) is 15.1. The van der Waals surface area contributed by atoms with E-state index < -0.39 is 0 Å². The molecule has 0 aliphatic rings. The van der Waals surface area contributed by atoms with Gasteiger partial charge >= 0.3 is 0 Å². The van der Waals surface area contributed by atoms with E-state index in [2.05, 4.69) is 60.7 Å². The van der Waals surface area contributed by atoms with Crippen LogP contribution in [0.1, 0.15) is 44.4 Å². The van der Waals surface area contributed by atoms with Crippen molar-refractivity contribution in [2.45, 2.75) is 46.2 Å². The number of hydrogen-bond acceptors (Lipinski definition) is 3. The zero-order valence-corrected chi connectivity index (χ0v) is 13.3. The number of rotatable bonds is 8. The summed E-state index contributed by atoms with van der Waals surface area (Å²) in [6.45, 7) is 8.62. The van der Waals surface area contributed by atoms with Crippen LogP contribution in [0.4, 0.5) is 0 Å². The van der Waals surface area contributed by atoms with Crippen LogP contribution in [0.3, 0.4) is 0 Å². The average Bonchev–Trinajstić information content (AvgIpc) is 2.97. The summed E-state index contributed by atoms with van der Waals surface area (Å²) in [4.78, 5) is 0. The van der Waals surface area contributed by atoms with Crippen molar-refractivity contribution in [3.8, 4) is 0 Å². The van der Waals surface area contributed by atoms with Gasteiger partial charge in [-0.25, -0.2) is 0 Å². The molecule has 0 radical (unpaired) electrons. The highest BCUT2D eigenvalue weighted by molar-refractivity contribution is 5.25. The van der Waals surface area contributed by atoms with E-state index in [4.69, 9.17) is 0 Å². The first-order valence-electron chi connectivity index (χ1n) is 7.81. The van der Waals surface area contributed by atoms with Crippen LogP contribution in [0.2, 0.25) is 0 Å². The van der Waals surface area contributed by atoms with E-state index in [1.165, 1.54) is 11.1 Å². The third kappa shape index (κ3) is 5.31. The van der Waals surface area contributed by atoms with Gasteiger partial charge in [0.1, 0.15) is 0 Å². The molecule has 1 atom stereocenters. The van der Waals surface area contributed by atoms with Crippen LogP contribution in [-0.4, -0.2) is 21.5 Å². The third-order valence-electron chi connectivity index (χ3n) is 3.61. The Morgan fingerprint density at radius 2 is 1.90 bits per heavy atom. The van der Waals surface area contributed by atoms with Gasteiger partial charge in [-0.3, -0.25) is 4.68 Å². The van der Waals surface area contributed by atoms with Crippen LogP contribution in [-0.2, 0) is 13.0 Å². The molecule has 0 spiro atoms. The van der Waals surface area contributed by atoms with Crippen molar-refractivity contribution >= 4 is 0 Å². The lowest BCUT2D eigenvalue weighted by molar-refractivity contribution is 0.499. The monoisotopic (exact) mass is 286 g/mol. The lowest BCUT2D eigenvalue weighted by Crippen LogP contribution is -2.21. The summed E-state index contributed by atoms with van der Waals surface area (Å²) in [5.41, 5.74) is 2.77. The number of nitrogens with zero attached hydrogens (tertiary/aromatic N) is 3. The van der Waals surface area contributed by atoms with Gasteiger partial charge in [-0.05, 0) is 43.4 Å². The molecule has 4 nitrogen and oxygen atoms in total. The molecule has 114 valence electrons. The summed E-state index contributed by atoms with van der Waals surface area (Å²) in [5.74, 6) is 0.711. The predicted molar refractivity (Wildman–Crippen MR) is 86.0 cm³/mol. The number of hydrogen-bond donors (Lipinski definition) is 1. The second-order valence-electron chi connectivity index (χ2n) is 6.04. The molecule has 21 heavy (non-hydrogen) atoms. The molecule has 0 fully saturated rings. The molecule has 0 aliphatic carbocycles. The number of nitrogens with one attached hydrogen (secondary N) is 1. The summed E-state index contributed by atoms with van der Waals surface area (Å²) in [7, 11) is 0. The van der Waals surface area contributed by atoms with Crippen molar-refractivity contribution in [3.05, 3.63) is 47.8 Å². The largest absolute Gasteiger partial charge is 0.310 e. The standard InChI is InChI=1S/C17H26N4/c1-14(2)13-16-5-7-17(8-6-16)15(3)18-9-4-11-21-12-10-19-20-21/h5-8,10,12,14-15,18H,4,9,11,13H2,1-3H3. The minimum atomic E-state index is 0.383. The van der Waals surface area contributed by atoms with E-state index >= 15 is 0 Å². The zero-order valence-electron chi connectivity index (χ0n) is 13.3. The van der Waals surface area contributed by atoms with E-state index in [1.807, 2.05) is 10.9 Å². The minimum Gasteiger partial charge on any atom is -0.310 e. The van der Waals surface area contributed by atoms with Crippen LogP contribution >= 0.6 is 0 Å². The van der Waals surface area contributed by atoms with Crippen molar-refractivity contribution in [1.29, 1.82) is 0 Å². The molecule has 4 heteroatoms. The Morgan fingerprint density at radius 1 is 1.14 bits per heavy atom. The van der Waals surface area contributed by atoms with Crippen molar-refractivity contribution in [1.82, 2.24) is 20.3 Å². The Hall–Kier alpha value is -1.68. The summed E-state index contributed by atoms with van der Waals surface area (Å²) < 4.78 is 1.87. The van der Waals surface area contributed by atoms with Crippen LogP contribution < -0.4 is 5.32 Å². The Kier molecular flexibility index (Phi) is 5.93. The first kappa shape index (κ1) is 15.7. The van der Waals surface area contributed by atoms with Gasteiger partial charge < -0.3 is 5.32 Å². The highest BCUT2D eigenvalue weighted by atomic mass is 15.4. The van der Waals surface area contributed by atoms with E-state index in [9.17, 15) is 0 Å². The Labute approximate surface area is 127 Å². The van der Waals surface area contributed by atoms with Crippen molar-refractivity contribution in [2.24, 2.45) is 5.92 Å². The Morgan fingerprint density at radius 3 is 2.52 bits per heavy atom. The molecule has 1 unspecified atom stereocenters. The van der Waals surface area contributed by atoms with Gasteiger partial charge in [0.05, 0.1) is 6.20 Å². The highest BCUT2D eigenvalue weighted by Gasteiger charge is 2.05. The van der Waals surface area contributed by atoms with Crippen LogP contribution in [0, 0.1) is 5.92 Å². The van der Waals surface area contributed by atoms with Gasteiger partial charge in [-0.2, -0.15) is 0 Å². The molecule has 0 bridgehead atoms. The summed E-state index contributed by atoms with van der Waals surface area (Å²) >= 11 is 0. The Balaban J connectivity index is 1.73. The fourth-order valence-electron chi connectivity index (χ4n) is 2.44. The lowest BCUT2D eigenvalue weighted by atomic mass is 10.00. The molecule has 1 N–H and O–H groups in total. The molecule has 0 saturated heterocycles. The van der Waals surface area contributed by atoms with E-state index in [0.717, 1.165) is 25.9 Å². The molecule has 1 heterocycles. The molecule has 1 aromatic heterocycles. The van der Waals surface area contributed by atoms with Crippen molar-refractivity contribution in [2.75, 3.05) is 6.54 Å². The lowest BCUT2D eigenvalue weighted by Gasteiger charge is -2.15. The van der Waals surface area contributed by atoms with Gasteiger partial charge in [-0.15, -0.1) is 5.10 Å². The normalized spacial score (nSPS) is 12.8. The van der Waals surface area contributed by atoms with Gasteiger partial charge in [0.25, 0.3) is 0 Å². The molecule has 0 aliphatic heterocycles. The smallest absolute Gasteiger partial charge is 0.0692 e. The van der Waals surface area contributed by atoms with E-state index in [0.29, 0.717) is 12.0 Å². The second kappa shape index (κ2) is 7.93. The highest BCUT2D eigenvalue weighted by Crippen LogP contribution is 2.15. The molecular formula is C17H26N4. The van der Waals surface area contributed by atoms with E-state index in [-0.39, 0.29) is 0 Å². The number of aromatic nitrogens is 3. The molecule has 0 saturated carbocycles.